The van der Waals surface area contributed by atoms with Crippen molar-refractivity contribution in [2.45, 2.75) is 20.4 Å². The van der Waals surface area contributed by atoms with Crippen molar-refractivity contribution in [2.75, 3.05) is 6.61 Å². The first kappa shape index (κ1) is 19.4. The molecule has 0 aliphatic rings. The lowest BCUT2D eigenvalue weighted by molar-refractivity contribution is 0.0947. The maximum absolute atomic E-state index is 12.6. The number of nitrogens with zero attached hydrogens (tertiary/aromatic N) is 1. The molecule has 4 rings (SSSR count). The van der Waals surface area contributed by atoms with Crippen molar-refractivity contribution >= 4 is 39.5 Å². The number of thiophene rings is 1. The number of para-hydroxylation sites is 1. The summed E-state index contributed by atoms with van der Waals surface area (Å²) in [5.41, 5.74) is 0.481. The lowest BCUT2D eigenvalue weighted by Crippen LogP contribution is -2.27. The molecular formula is C21H18N2O4S2. The molecule has 3 aromatic heterocycles. The van der Waals surface area contributed by atoms with Gasteiger partial charge < -0.3 is 14.5 Å². The van der Waals surface area contributed by atoms with Gasteiger partial charge in [-0.1, -0.05) is 18.2 Å². The minimum Gasteiger partial charge on any atom is -0.490 e. The maximum Gasteiger partial charge on any atom is 0.349 e. The van der Waals surface area contributed by atoms with Gasteiger partial charge in [-0.25, -0.2) is 9.78 Å². The predicted octanol–water partition coefficient (Wildman–Crippen LogP) is 4.62. The average molecular weight is 427 g/mol. The molecule has 1 amide bonds. The minimum atomic E-state index is -0.692. The Balaban J connectivity index is 1.55. The van der Waals surface area contributed by atoms with Crippen LogP contribution in [0.15, 0.2) is 51.0 Å². The van der Waals surface area contributed by atoms with Gasteiger partial charge >= 0.3 is 5.63 Å². The molecule has 4 aromatic rings. The highest BCUT2D eigenvalue weighted by Gasteiger charge is 2.17. The van der Waals surface area contributed by atoms with E-state index in [1.54, 1.807) is 29.5 Å². The largest absolute Gasteiger partial charge is 0.490 e. The second-order valence-corrected chi connectivity index (χ2v) is 8.27. The third kappa shape index (κ3) is 3.94. The van der Waals surface area contributed by atoms with E-state index in [-0.39, 0.29) is 5.56 Å². The summed E-state index contributed by atoms with van der Waals surface area (Å²) < 4.78 is 10.9. The lowest BCUT2D eigenvalue weighted by atomic mass is 10.1. The predicted molar refractivity (Wildman–Crippen MR) is 115 cm³/mol. The monoisotopic (exact) mass is 426 g/mol. The summed E-state index contributed by atoms with van der Waals surface area (Å²) in [7, 11) is 0. The Labute approximate surface area is 174 Å². The van der Waals surface area contributed by atoms with Crippen LogP contribution in [0.25, 0.3) is 20.9 Å². The zero-order chi connectivity index (χ0) is 20.4. The average Bonchev–Trinajstić information content (AvgIpc) is 3.36. The van der Waals surface area contributed by atoms with Gasteiger partial charge in [-0.2, -0.15) is 0 Å². The molecule has 3 heterocycles. The molecule has 0 unspecified atom stereocenters. The van der Waals surface area contributed by atoms with Gasteiger partial charge in [-0.05, 0) is 37.4 Å². The Kier molecular flexibility index (Phi) is 5.46. The number of rotatable bonds is 6. The summed E-state index contributed by atoms with van der Waals surface area (Å²) in [6.07, 6.45) is 0. The third-order valence-electron chi connectivity index (χ3n) is 4.30. The molecule has 8 heteroatoms. The van der Waals surface area contributed by atoms with Crippen LogP contribution in [-0.2, 0) is 6.54 Å². The molecule has 0 radical (unpaired) electrons. The number of hydrogen-bond donors (Lipinski definition) is 1. The summed E-state index contributed by atoms with van der Waals surface area (Å²) in [5, 5.41) is 6.37. The zero-order valence-corrected chi connectivity index (χ0v) is 17.5. The van der Waals surface area contributed by atoms with E-state index in [0.717, 1.165) is 20.5 Å². The molecule has 6 nitrogen and oxygen atoms in total. The van der Waals surface area contributed by atoms with Crippen LogP contribution in [0.2, 0.25) is 0 Å². The first-order valence-electron chi connectivity index (χ1n) is 9.05. The molecule has 0 fully saturated rings. The minimum absolute atomic E-state index is 0.0354. The number of carbonyl (C=O) groups is 1. The van der Waals surface area contributed by atoms with Crippen molar-refractivity contribution < 1.29 is 13.9 Å². The molecule has 1 aromatic carbocycles. The molecule has 0 atom stereocenters. The fourth-order valence-electron chi connectivity index (χ4n) is 2.90. The summed E-state index contributed by atoms with van der Waals surface area (Å²) in [5.74, 6) is 0.00314. The van der Waals surface area contributed by atoms with E-state index in [2.05, 4.69) is 10.3 Å². The van der Waals surface area contributed by atoms with Gasteiger partial charge in [-0.3, -0.25) is 4.79 Å². The van der Waals surface area contributed by atoms with E-state index in [1.807, 2.05) is 31.4 Å². The van der Waals surface area contributed by atoms with E-state index < -0.39 is 11.5 Å². The smallest absolute Gasteiger partial charge is 0.349 e. The fourth-order valence-corrected chi connectivity index (χ4v) is 4.70. The molecule has 29 heavy (non-hydrogen) atoms. The number of fused-ring (bicyclic) bond motifs is 1. The Bertz CT molecular complexity index is 1230. The molecule has 0 bridgehead atoms. The Morgan fingerprint density at radius 3 is 2.90 bits per heavy atom. The second kappa shape index (κ2) is 8.18. The highest BCUT2D eigenvalue weighted by molar-refractivity contribution is 7.21. The Morgan fingerprint density at radius 1 is 1.28 bits per heavy atom. The number of hydrogen-bond acceptors (Lipinski definition) is 7. The van der Waals surface area contributed by atoms with Crippen LogP contribution in [0.1, 0.15) is 27.9 Å². The molecule has 0 aliphatic heterocycles. The van der Waals surface area contributed by atoms with E-state index in [9.17, 15) is 9.59 Å². The van der Waals surface area contributed by atoms with E-state index >= 15 is 0 Å². The maximum atomic E-state index is 12.6. The van der Waals surface area contributed by atoms with Crippen molar-refractivity contribution in [3.8, 4) is 15.6 Å². The molecule has 0 saturated heterocycles. The van der Waals surface area contributed by atoms with Crippen LogP contribution in [0, 0.1) is 6.92 Å². The Morgan fingerprint density at radius 2 is 2.14 bits per heavy atom. The van der Waals surface area contributed by atoms with Gasteiger partial charge in [0.05, 0.1) is 23.7 Å². The second-order valence-electron chi connectivity index (χ2n) is 6.24. The molecule has 0 aliphatic carbocycles. The molecule has 0 saturated carbocycles. The normalized spacial score (nSPS) is 11.0. The van der Waals surface area contributed by atoms with Gasteiger partial charge in [0, 0.05) is 10.3 Å². The Hall–Kier alpha value is -2.97. The molecular weight excluding hydrogens is 408 g/mol. The van der Waals surface area contributed by atoms with Crippen LogP contribution >= 0.6 is 22.7 Å². The topological polar surface area (TPSA) is 81.4 Å². The van der Waals surface area contributed by atoms with Gasteiger partial charge in [0.1, 0.15) is 10.6 Å². The quantitative estimate of drug-likeness (QED) is 0.455. The van der Waals surface area contributed by atoms with Crippen LogP contribution in [0.3, 0.4) is 0 Å². The number of nitrogens with one attached hydrogen (secondary N) is 1. The van der Waals surface area contributed by atoms with Crippen molar-refractivity contribution in [3.63, 3.8) is 0 Å². The number of carbonyl (C=O) groups excluding carboxylic acids is 1. The highest BCUT2D eigenvalue weighted by Crippen LogP contribution is 2.31. The van der Waals surface area contributed by atoms with Gasteiger partial charge in [-0.15, -0.1) is 22.7 Å². The summed E-state index contributed by atoms with van der Waals surface area (Å²) in [6, 6.07) is 10.8. The SMILES string of the molecule is CCOc1cccc2cc(C(=O)NCc3sc(-c4cccs4)nc3C)c(=O)oc12. The number of benzene rings is 1. The number of ether oxygens (including phenoxy) is 1. The number of thiazole rings is 1. The highest BCUT2D eigenvalue weighted by atomic mass is 32.1. The molecule has 148 valence electrons. The van der Waals surface area contributed by atoms with Crippen molar-refractivity contribution in [3.05, 3.63) is 68.3 Å². The van der Waals surface area contributed by atoms with Crippen LogP contribution in [0.5, 0.6) is 5.75 Å². The number of aryl methyl sites for hydroxylation is 1. The van der Waals surface area contributed by atoms with E-state index in [4.69, 9.17) is 9.15 Å². The van der Waals surface area contributed by atoms with Crippen LogP contribution in [0.4, 0.5) is 0 Å². The first-order valence-corrected chi connectivity index (χ1v) is 10.7. The van der Waals surface area contributed by atoms with Crippen LogP contribution in [-0.4, -0.2) is 17.5 Å². The number of amides is 1. The van der Waals surface area contributed by atoms with E-state index in [1.165, 1.54) is 17.4 Å². The van der Waals surface area contributed by atoms with E-state index in [0.29, 0.717) is 29.9 Å². The third-order valence-corrected chi connectivity index (χ3v) is 6.50. The molecule has 1 N–H and O–H groups in total. The lowest BCUT2D eigenvalue weighted by Gasteiger charge is -2.07. The zero-order valence-electron chi connectivity index (χ0n) is 15.9. The fraction of sp³-hybridized carbons (Fsp3) is 0.190. The summed E-state index contributed by atoms with van der Waals surface area (Å²) in [4.78, 5) is 31.6. The van der Waals surface area contributed by atoms with Gasteiger partial charge in [0.15, 0.2) is 11.3 Å². The number of aromatic nitrogens is 1. The van der Waals surface area contributed by atoms with Gasteiger partial charge in [0.25, 0.3) is 5.91 Å². The molecule has 0 spiro atoms. The van der Waals surface area contributed by atoms with Crippen molar-refractivity contribution in [1.29, 1.82) is 0 Å². The summed E-state index contributed by atoms with van der Waals surface area (Å²) in [6.45, 7) is 4.51. The first-order chi connectivity index (χ1) is 14.1. The van der Waals surface area contributed by atoms with Gasteiger partial charge in [0.2, 0.25) is 0 Å². The summed E-state index contributed by atoms with van der Waals surface area (Å²) >= 11 is 3.16. The van der Waals surface area contributed by atoms with Crippen molar-refractivity contribution in [1.82, 2.24) is 10.3 Å². The standard InChI is InChI=1S/C21H18N2O4S2/c1-3-26-15-7-4-6-13-10-14(21(25)27-18(13)15)19(24)22-11-17-12(2)23-20(29-17)16-8-5-9-28-16/h4-10H,3,11H2,1-2H3,(H,22,24). The van der Waals surface area contributed by atoms with Crippen molar-refractivity contribution in [2.24, 2.45) is 0 Å². The van der Waals surface area contributed by atoms with Crippen LogP contribution < -0.4 is 15.7 Å².